The number of ether oxygens (including phenoxy) is 2. The third kappa shape index (κ3) is 4.22. The summed E-state index contributed by atoms with van der Waals surface area (Å²) >= 11 is 1.30. The van der Waals surface area contributed by atoms with Gasteiger partial charge in [0.25, 0.3) is 5.56 Å². The maximum Gasteiger partial charge on any atom is 0.291 e. The maximum atomic E-state index is 13.3. The van der Waals surface area contributed by atoms with Crippen molar-refractivity contribution < 1.29 is 9.47 Å². The van der Waals surface area contributed by atoms with E-state index >= 15 is 0 Å². The smallest absolute Gasteiger partial charge is 0.291 e. The van der Waals surface area contributed by atoms with Crippen LogP contribution in [-0.2, 0) is 0 Å². The maximum absolute atomic E-state index is 13.3. The van der Waals surface area contributed by atoms with E-state index in [2.05, 4.69) is 10.1 Å². The van der Waals surface area contributed by atoms with E-state index in [4.69, 9.17) is 14.6 Å². The van der Waals surface area contributed by atoms with E-state index in [1.807, 2.05) is 96.7 Å². The Kier molecular flexibility index (Phi) is 5.97. The summed E-state index contributed by atoms with van der Waals surface area (Å²) in [7, 11) is 3.27. The monoisotopic (exact) mass is 521 g/mol. The van der Waals surface area contributed by atoms with E-state index in [1.54, 1.807) is 14.2 Å². The van der Waals surface area contributed by atoms with Crippen LogP contribution in [-0.4, -0.2) is 38.6 Å². The molecule has 0 unspecified atom stereocenters. The zero-order chi connectivity index (χ0) is 26.2. The predicted molar refractivity (Wildman–Crippen MR) is 148 cm³/mol. The van der Waals surface area contributed by atoms with Gasteiger partial charge in [-0.05, 0) is 73.2 Å². The first kappa shape index (κ1) is 23.6. The van der Waals surface area contributed by atoms with Crippen LogP contribution in [0.1, 0.15) is 11.1 Å². The minimum Gasteiger partial charge on any atom is -0.497 e. The van der Waals surface area contributed by atoms with Gasteiger partial charge in [-0.3, -0.25) is 4.79 Å². The lowest BCUT2D eigenvalue weighted by Crippen LogP contribution is -2.23. The lowest BCUT2D eigenvalue weighted by atomic mass is 10.0. The van der Waals surface area contributed by atoms with E-state index in [0.717, 1.165) is 45.1 Å². The van der Waals surface area contributed by atoms with E-state index in [9.17, 15) is 4.79 Å². The Morgan fingerprint density at radius 2 is 1.66 bits per heavy atom. The second-order valence-corrected chi connectivity index (χ2v) is 9.68. The third-order valence-corrected chi connectivity index (χ3v) is 7.21. The molecule has 6 aromatic rings. The number of benzene rings is 3. The highest BCUT2D eigenvalue weighted by Crippen LogP contribution is 2.29. The Hall–Kier alpha value is -4.76. The average Bonchev–Trinajstić information content (AvgIpc) is 3.64. The van der Waals surface area contributed by atoms with Gasteiger partial charge in [0.1, 0.15) is 17.2 Å². The fourth-order valence-electron chi connectivity index (χ4n) is 4.29. The third-order valence-electron chi connectivity index (χ3n) is 6.25. The first-order valence-electron chi connectivity index (χ1n) is 11.9. The second kappa shape index (κ2) is 9.60. The van der Waals surface area contributed by atoms with Crippen molar-refractivity contribution in [3.63, 3.8) is 0 Å². The molecule has 0 aliphatic carbocycles. The van der Waals surface area contributed by atoms with Crippen molar-refractivity contribution in [1.82, 2.24) is 24.4 Å². The second-order valence-electron chi connectivity index (χ2n) is 8.67. The molecule has 0 saturated carbocycles. The number of methoxy groups -OCH3 is 2. The molecule has 9 heteroatoms. The van der Waals surface area contributed by atoms with E-state index in [-0.39, 0.29) is 5.56 Å². The lowest BCUT2D eigenvalue weighted by Gasteiger charge is -2.06. The quantitative estimate of drug-likeness (QED) is 0.320. The number of hydrogen-bond donors (Lipinski definition) is 0. The molecule has 0 N–H and O–H groups in total. The summed E-state index contributed by atoms with van der Waals surface area (Å²) in [5.41, 5.74) is 5.02. The summed E-state index contributed by atoms with van der Waals surface area (Å²) in [6.45, 7) is 2.00. The molecule has 3 heterocycles. The van der Waals surface area contributed by atoms with Crippen LogP contribution in [0.2, 0.25) is 0 Å². The van der Waals surface area contributed by atoms with E-state index < -0.39 is 0 Å². The van der Waals surface area contributed by atoms with Gasteiger partial charge in [0.15, 0.2) is 5.82 Å². The summed E-state index contributed by atoms with van der Waals surface area (Å²) in [5.74, 6) is 2.05. The first-order chi connectivity index (χ1) is 18.5. The van der Waals surface area contributed by atoms with Crippen LogP contribution in [0.3, 0.4) is 0 Å². The van der Waals surface area contributed by atoms with Crippen LogP contribution in [0.4, 0.5) is 0 Å². The van der Waals surface area contributed by atoms with Crippen LogP contribution >= 0.6 is 11.3 Å². The normalized spacial score (nSPS) is 11.8. The molecule has 188 valence electrons. The molecule has 0 fully saturated rings. The molecule has 0 aliphatic rings. The number of hydrogen-bond acceptors (Lipinski definition) is 7. The van der Waals surface area contributed by atoms with Gasteiger partial charge in [0.2, 0.25) is 4.96 Å². The van der Waals surface area contributed by atoms with Gasteiger partial charge in [0, 0.05) is 22.9 Å². The number of thiazole rings is 1. The molecular formula is C29H23N5O3S. The molecule has 0 atom stereocenters. The van der Waals surface area contributed by atoms with Gasteiger partial charge >= 0.3 is 0 Å². The van der Waals surface area contributed by atoms with E-state index in [1.165, 1.54) is 15.9 Å². The van der Waals surface area contributed by atoms with Gasteiger partial charge in [0.05, 0.1) is 24.4 Å². The summed E-state index contributed by atoms with van der Waals surface area (Å²) in [6.07, 6.45) is 3.79. The lowest BCUT2D eigenvalue weighted by molar-refractivity contribution is 0.412. The zero-order valence-electron chi connectivity index (χ0n) is 21.0. The van der Waals surface area contributed by atoms with Crippen molar-refractivity contribution in [3.8, 4) is 39.8 Å². The molecule has 0 saturated heterocycles. The molecule has 0 spiro atoms. The standard InChI is InChI=1S/C29H23N5O3S/c1-18-15-20(11-14-24(18)37-3)26-21(17-33(31-26)22-7-5-4-6-8-22)16-25-28(35)34-29(38-25)30-27(32-34)19-9-12-23(36-2)13-10-19/h4-17H,1-3H3/b25-16-. The molecule has 3 aromatic carbocycles. The number of aromatic nitrogens is 5. The largest absolute Gasteiger partial charge is 0.497 e. The Bertz CT molecular complexity index is 1870. The van der Waals surface area contributed by atoms with Crippen molar-refractivity contribution in [2.24, 2.45) is 0 Å². The molecule has 0 amide bonds. The van der Waals surface area contributed by atoms with Crippen molar-refractivity contribution in [3.05, 3.63) is 105 Å². The molecule has 6 rings (SSSR count). The minimum atomic E-state index is -0.221. The van der Waals surface area contributed by atoms with Crippen LogP contribution in [0.25, 0.3) is 39.4 Å². The topological polar surface area (TPSA) is 83.5 Å². The van der Waals surface area contributed by atoms with Crippen molar-refractivity contribution in [1.29, 1.82) is 0 Å². The van der Waals surface area contributed by atoms with Crippen molar-refractivity contribution in [2.45, 2.75) is 6.92 Å². The summed E-state index contributed by atoms with van der Waals surface area (Å²) < 4.78 is 14.4. The molecule has 0 bridgehead atoms. The number of para-hydroxylation sites is 1. The van der Waals surface area contributed by atoms with Gasteiger partial charge in [-0.1, -0.05) is 29.5 Å². The van der Waals surface area contributed by atoms with Crippen molar-refractivity contribution in [2.75, 3.05) is 14.2 Å². The molecule has 0 aliphatic heterocycles. The number of fused-ring (bicyclic) bond motifs is 1. The Morgan fingerprint density at radius 3 is 2.34 bits per heavy atom. The molecular weight excluding hydrogens is 498 g/mol. The number of rotatable bonds is 6. The van der Waals surface area contributed by atoms with Crippen LogP contribution in [0.15, 0.2) is 83.8 Å². The van der Waals surface area contributed by atoms with Crippen LogP contribution in [0, 0.1) is 6.92 Å². The fraction of sp³-hybridized carbons (Fsp3) is 0.103. The fourth-order valence-corrected chi connectivity index (χ4v) is 5.19. The van der Waals surface area contributed by atoms with Gasteiger partial charge in [-0.2, -0.15) is 14.6 Å². The van der Waals surface area contributed by atoms with Gasteiger partial charge < -0.3 is 9.47 Å². The summed E-state index contributed by atoms with van der Waals surface area (Å²) in [5, 5.41) is 9.35. The molecule has 8 nitrogen and oxygen atoms in total. The van der Waals surface area contributed by atoms with Crippen molar-refractivity contribution >= 4 is 22.4 Å². The SMILES string of the molecule is COc1ccc(-c2nc3s/c(=C\c4cn(-c5ccccc5)nc4-c4ccc(OC)c(C)c4)c(=O)n3n2)cc1. The zero-order valence-corrected chi connectivity index (χ0v) is 21.8. The molecule has 3 aromatic heterocycles. The van der Waals surface area contributed by atoms with E-state index in [0.29, 0.717) is 15.3 Å². The Labute approximate surface area is 222 Å². The molecule has 0 radical (unpaired) electrons. The Balaban J connectivity index is 1.46. The highest BCUT2D eigenvalue weighted by molar-refractivity contribution is 7.15. The number of aryl methyl sites for hydroxylation is 1. The summed E-state index contributed by atoms with van der Waals surface area (Å²) in [6, 6.07) is 23.2. The minimum absolute atomic E-state index is 0.221. The average molecular weight is 522 g/mol. The highest BCUT2D eigenvalue weighted by atomic mass is 32.1. The number of nitrogens with zero attached hydrogens (tertiary/aromatic N) is 5. The highest BCUT2D eigenvalue weighted by Gasteiger charge is 2.16. The van der Waals surface area contributed by atoms with Crippen LogP contribution < -0.4 is 19.6 Å². The predicted octanol–water partition coefficient (Wildman–Crippen LogP) is 4.54. The van der Waals surface area contributed by atoms with Gasteiger partial charge in [-0.15, -0.1) is 5.10 Å². The Morgan fingerprint density at radius 1 is 0.895 bits per heavy atom. The molecule has 38 heavy (non-hydrogen) atoms. The van der Waals surface area contributed by atoms with Crippen LogP contribution in [0.5, 0.6) is 11.5 Å². The first-order valence-corrected chi connectivity index (χ1v) is 12.7. The van der Waals surface area contributed by atoms with Gasteiger partial charge in [-0.25, -0.2) is 4.68 Å². The summed E-state index contributed by atoms with van der Waals surface area (Å²) in [4.78, 5) is 18.4.